The SMILES string of the molecule is CCCCCCS(=O)(=O)c1ccc(-c2sc3cc(S(=O)(=O)CCCCCC)ccc3c2C(=O)c2ccc(OCCN3CCCCC3)cc2)cc1. The van der Waals surface area contributed by atoms with Crippen LogP contribution >= 0.6 is 11.3 Å². The number of sulfone groups is 2. The summed E-state index contributed by atoms with van der Waals surface area (Å²) in [5, 5.41) is 0.675. The van der Waals surface area contributed by atoms with Crippen LogP contribution in [0.15, 0.2) is 76.5 Å². The molecular weight excluding hydrogens is 687 g/mol. The van der Waals surface area contributed by atoms with E-state index in [4.69, 9.17) is 4.74 Å². The molecule has 4 aromatic rings. The van der Waals surface area contributed by atoms with E-state index in [-0.39, 0.29) is 27.1 Å². The van der Waals surface area contributed by atoms with Gasteiger partial charge in [-0.15, -0.1) is 11.3 Å². The zero-order chi connectivity index (χ0) is 35.6. The molecule has 0 unspecified atom stereocenters. The summed E-state index contributed by atoms with van der Waals surface area (Å²) in [5.74, 6) is 0.707. The number of unbranched alkanes of at least 4 members (excludes halogenated alkanes) is 6. The maximum absolute atomic E-state index is 14.3. The number of nitrogens with zero attached hydrogens (tertiary/aromatic N) is 1. The van der Waals surface area contributed by atoms with E-state index in [0.717, 1.165) is 58.2 Å². The Kier molecular flexibility index (Phi) is 13.7. The Morgan fingerprint density at radius 3 is 1.94 bits per heavy atom. The minimum absolute atomic E-state index is 0.0867. The molecule has 10 heteroatoms. The Morgan fingerprint density at radius 1 is 0.720 bits per heavy atom. The predicted octanol–water partition coefficient (Wildman–Crippen LogP) is 9.37. The van der Waals surface area contributed by atoms with Crippen molar-refractivity contribution in [3.8, 4) is 16.2 Å². The van der Waals surface area contributed by atoms with Crippen LogP contribution in [0.4, 0.5) is 0 Å². The van der Waals surface area contributed by atoms with Gasteiger partial charge in [0.05, 0.1) is 21.3 Å². The lowest BCUT2D eigenvalue weighted by Gasteiger charge is -2.26. The summed E-state index contributed by atoms with van der Waals surface area (Å²) < 4.78 is 59.3. The topological polar surface area (TPSA) is 97.8 Å². The van der Waals surface area contributed by atoms with Crippen molar-refractivity contribution < 1.29 is 26.4 Å². The number of piperidine rings is 1. The molecule has 1 aliphatic rings. The average molecular weight is 738 g/mol. The molecule has 0 spiro atoms. The highest BCUT2D eigenvalue weighted by Gasteiger charge is 2.24. The first kappa shape index (κ1) is 38.2. The summed E-state index contributed by atoms with van der Waals surface area (Å²) in [6.07, 6.45) is 10.8. The van der Waals surface area contributed by atoms with Gasteiger partial charge < -0.3 is 4.74 Å². The van der Waals surface area contributed by atoms with Crippen LogP contribution in [0.5, 0.6) is 5.75 Å². The zero-order valence-corrected chi connectivity index (χ0v) is 31.9. The number of likely N-dealkylation sites (tertiary alicyclic amines) is 1. The molecule has 0 saturated carbocycles. The van der Waals surface area contributed by atoms with Gasteiger partial charge >= 0.3 is 0 Å². The summed E-state index contributed by atoms with van der Waals surface area (Å²) in [7, 11) is -6.92. The summed E-state index contributed by atoms with van der Waals surface area (Å²) in [6.45, 7) is 7.86. The summed E-state index contributed by atoms with van der Waals surface area (Å²) in [5.41, 5.74) is 1.68. The third-order valence-electron chi connectivity index (χ3n) is 9.50. The fraction of sp³-hybridized carbons (Fsp3) is 0.475. The molecule has 1 aromatic heterocycles. The van der Waals surface area contributed by atoms with Crippen molar-refractivity contribution in [2.45, 2.75) is 94.3 Å². The molecule has 1 fully saturated rings. The third kappa shape index (κ3) is 9.84. The van der Waals surface area contributed by atoms with E-state index < -0.39 is 19.7 Å². The van der Waals surface area contributed by atoms with E-state index in [1.807, 2.05) is 12.1 Å². The molecule has 0 aliphatic carbocycles. The van der Waals surface area contributed by atoms with Gasteiger partial charge in [0.25, 0.3) is 0 Å². The number of carbonyl (C=O) groups is 1. The molecule has 0 bridgehead atoms. The molecule has 1 aliphatic heterocycles. The van der Waals surface area contributed by atoms with E-state index in [1.54, 1.807) is 54.6 Å². The number of ketones is 1. The van der Waals surface area contributed by atoms with Crippen LogP contribution in [0.2, 0.25) is 0 Å². The normalized spacial score (nSPS) is 14.3. The molecule has 270 valence electrons. The summed E-state index contributed by atoms with van der Waals surface area (Å²) in [6, 6.07) is 19.0. The standard InChI is InChI=1S/C40H51NO6S3/c1-3-5-7-12-28-49(43,44)34-20-16-32(17-21-34)40-38(36-23-22-35(30-37(36)48-40)50(45,46)29-13-8-6-4-2)39(42)31-14-18-33(19-15-31)47-27-26-41-24-10-9-11-25-41/h14-23,30H,3-13,24-29H2,1-2H3. The van der Waals surface area contributed by atoms with E-state index in [9.17, 15) is 21.6 Å². The smallest absolute Gasteiger partial charge is 0.195 e. The number of rotatable bonds is 19. The molecule has 0 amide bonds. The highest BCUT2D eigenvalue weighted by atomic mass is 32.2. The Labute approximate surface area is 302 Å². The van der Waals surface area contributed by atoms with E-state index in [0.29, 0.717) is 56.9 Å². The number of fused-ring (bicyclic) bond motifs is 1. The number of ether oxygens (including phenoxy) is 1. The number of hydrogen-bond donors (Lipinski definition) is 0. The molecule has 0 N–H and O–H groups in total. The van der Waals surface area contributed by atoms with Crippen LogP contribution in [0.3, 0.4) is 0 Å². The lowest BCUT2D eigenvalue weighted by molar-refractivity contribution is 0.104. The first-order valence-corrected chi connectivity index (χ1v) is 22.4. The zero-order valence-electron chi connectivity index (χ0n) is 29.5. The number of carbonyl (C=O) groups excluding carboxylic acids is 1. The van der Waals surface area contributed by atoms with E-state index in [2.05, 4.69) is 18.7 Å². The van der Waals surface area contributed by atoms with Gasteiger partial charge in [0.15, 0.2) is 25.5 Å². The Bertz CT molecular complexity index is 1930. The fourth-order valence-electron chi connectivity index (χ4n) is 6.51. The monoisotopic (exact) mass is 737 g/mol. The molecule has 1 saturated heterocycles. The highest BCUT2D eigenvalue weighted by Crippen LogP contribution is 2.41. The molecule has 2 heterocycles. The van der Waals surface area contributed by atoms with Gasteiger partial charge in [-0.05, 0) is 92.9 Å². The van der Waals surface area contributed by atoms with Crippen LogP contribution in [-0.2, 0) is 19.7 Å². The van der Waals surface area contributed by atoms with Crippen LogP contribution < -0.4 is 4.74 Å². The second-order valence-corrected chi connectivity index (χ2v) is 18.6. The van der Waals surface area contributed by atoms with Crippen molar-refractivity contribution in [1.29, 1.82) is 0 Å². The Hall–Kier alpha value is -3.05. The fourth-order valence-corrected chi connectivity index (χ4v) is 10.6. The molecule has 7 nitrogen and oxygen atoms in total. The van der Waals surface area contributed by atoms with Gasteiger partial charge in [0, 0.05) is 32.6 Å². The maximum Gasteiger partial charge on any atom is 0.195 e. The van der Waals surface area contributed by atoms with Gasteiger partial charge in [0.1, 0.15) is 12.4 Å². The lowest BCUT2D eigenvalue weighted by Crippen LogP contribution is -2.33. The third-order valence-corrected chi connectivity index (χ3v) is 14.3. The molecule has 0 atom stereocenters. The lowest BCUT2D eigenvalue weighted by atomic mass is 9.97. The average Bonchev–Trinajstić information content (AvgIpc) is 3.51. The van der Waals surface area contributed by atoms with E-state index in [1.165, 1.54) is 30.6 Å². The highest BCUT2D eigenvalue weighted by molar-refractivity contribution is 7.91. The molecule has 3 aromatic carbocycles. The van der Waals surface area contributed by atoms with E-state index >= 15 is 0 Å². The number of benzene rings is 3. The minimum atomic E-state index is -3.49. The minimum Gasteiger partial charge on any atom is -0.492 e. The maximum atomic E-state index is 14.3. The van der Waals surface area contributed by atoms with Gasteiger partial charge in [-0.25, -0.2) is 16.8 Å². The van der Waals surface area contributed by atoms with Crippen molar-refractivity contribution in [3.05, 3.63) is 77.9 Å². The Balaban J connectivity index is 1.43. The second-order valence-electron chi connectivity index (χ2n) is 13.4. The van der Waals surface area contributed by atoms with Crippen molar-refractivity contribution in [1.82, 2.24) is 4.90 Å². The van der Waals surface area contributed by atoms with Crippen LogP contribution in [-0.4, -0.2) is 65.3 Å². The molecular formula is C40H51NO6S3. The first-order chi connectivity index (χ1) is 24.1. The van der Waals surface area contributed by atoms with Crippen LogP contribution in [0.1, 0.15) is 100 Å². The molecule has 50 heavy (non-hydrogen) atoms. The van der Waals surface area contributed by atoms with Gasteiger partial charge in [-0.3, -0.25) is 9.69 Å². The first-order valence-electron chi connectivity index (χ1n) is 18.3. The number of hydrogen-bond acceptors (Lipinski definition) is 8. The molecule has 5 rings (SSSR count). The van der Waals surface area contributed by atoms with Crippen molar-refractivity contribution in [2.24, 2.45) is 0 Å². The van der Waals surface area contributed by atoms with Crippen LogP contribution in [0.25, 0.3) is 20.5 Å². The molecule has 0 radical (unpaired) electrons. The quantitative estimate of drug-likeness (QED) is 0.0699. The van der Waals surface area contributed by atoms with Crippen molar-refractivity contribution >= 4 is 46.9 Å². The predicted molar refractivity (Wildman–Crippen MR) is 205 cm³/mol. The van der Waals surface area contributed by atoms with Gasteiger partial charge in [-0.2, -0.15) is 0 Å². The summed E-state index contributed by atoms with van der Waals surface area (Å²) in [4.78, 5) is 17.9. The van der Waals surface area contributed by atoms with Gasteiger partial charge in [-0.1, -0.05) is 77.0 Å². The summed E-state index contributed by atoms with van der Waals surface area (Å²) >= 11 is 1.36. The van der Waals surface area contributed by atoms with Crippen LogP contribution in [0, 0.1) is 0 Å². The Morgan fingerprint density at radius 2 is 1.32 bits per heavy atom. The largest absolute Gasteiger partial charge is 0.492 e. The van der Waals surface area contributed by atoms with Crippen molar-refractivity contribution in [3.63, 3.8) is 0 Å². The second kappa shape index (κ2) is 17.9. The number of thiophene rings is 1. The van der Waals surface area contributed by atoms with Crippen molar-refractivity contribution in [2.75, 3.05) is 37.7 Å². The van der Waals surface area contributed by atoms with Gasteiger partial charge in [0.2, 0.25) is 0 Å².